The number of carboxylic acids is 1. The number of hydrogen-bond acceptors (Lipinski definition) is 3. The molecule has 5 heteroatoms. The molecule has 104 valence electrons. The molecule has 0 bridgehead atoms. The summed E-state index contributed by atoms with van der Waals surface area (Å²) < 4.78 is 0. The Hall–Kier alpha value is -1.36. The highest BCUT2D eigenvalue weighted by Crippen LogP contribution is 2.25. The van der Waals surface area contributed by atoms with Crippen LogP contribution in [0.2, 0.25) is 0 Å². The van der Waals surface area contributed by atoms with Crippen molar-refractivity contribution in [3.8, 4) is 0 Å². The van der Waals surface area contributed by atoms with Crippen LogP contribution in [-0.4, -0.2) is 23.0 Å². The molecule has 1 aliphatic rings. The van der Waals surface area contributed by atoms with Crippen LogP contribution >= 0.6 is 11.3 Å². The minimum atomic E-state index is -0.714. The van der Waals surface area contributed by atoms with Gasteiger partial charge in [0.15, 0.2) is 0 Å². The molecule has 0 aliphatic heterocycles. The second-order valence-electron chi connectivity index (χ2n) is 5.21. The first-order chi connectivity index (χ1) is 8.97. The number of amides is 1. The molecular formula is C14H19NO3S. The standard InChI is InChI=1S/C14H19NO3S/c1-8-7-12(19-9(8)2)13(16)15-11-5-3-10(4-6-11)14(17)18/h7,10-11H,3-6H2,1-2H3,(H,15,16)(H,17,18). The molecule has 1 aromatic heterocycles. The second-order valence-corrected chi connectivity index (χ2v) is 6.47. The Morgan fingerprint density at radius 1 is 1.26 bits per heavy atom. The number of hydrogen-bond donors (Lipinski definition) is 2. The highest BCUT2D eigenvalue weighted by molar-refractivity contribution is 7.14. The number of thiophene rings is 1. The van der Waals surface area contributed by atoms with Gasteiger partial charge in [0, 0.05) is 10.9 Å². The first kappa shape index (κ1) is 14.1. The van der Waals surface area contributed by atoms with Gasteiger partial charge >= 0.3 is 5.97 Å². The third-order valence-corrected chi connectivity index (χ3v) is 4.95. The van der Waals surface area contributed by atoms with Crippen molar-refractivity contribution in [3.05, 3.63) is 21.4 Å². The van der Waals surface area contributed by atoms with Crippen LogP contribution < -0.4 is 5.32 Å². The molecule has 0 saturated heterocycles. The van der Waals surface area contributed by atoms with Gasteiger partial charge in [-0.25, -0.2) is 0 Å². The Labute approximate surface area is 116 Å². The molecule has 0 atom stereocenters. The molecule has 1 amide bonds. The van der Waals surface area contributed by atoms with Gasteiger partial charge in [0.1, 0.15) is 0 Å². The molecule has 4 nitrogen and oxygen atoms in total. The largest absolute Gasteiger partial charge is 0.481 e. The summed E-state index contributed by atoms with van der Waals surface area (Å²) in [5, 5.41) is 11.9. The number of carbonyl (C=O) groups is 2. The lowest BCUT2D eigenvalue weighted by molar-refractivity contribution is -0.142. The fraction of sp³-hybridized carbons (Fsp3) is 0.571. The SMILES string of the molecule is Cc1cc(C(=O)NC2CCC(C(=O)O)CC2)sc1C. The fourth-order valence-corrected chi connectivity index (χ4v) is 3.36. The van der Waals surface area contributed by atoms with Crippen LogP contribution in [0, 0.1) is 19.8 Å². The first-order valence-corrected chi connectivity index (χ1v) is 7.39. The minimum Gasteiger partial charge on any atom is -0.481 e. The van der Waals surface area contributed by atoms with Gasteiger partial charge in [-0.2, -0.15) is 0 Å². The van der Waals surface area contributed by atoms with Crippen molar-refractivity contribution in [2.75, 3.05) is 0 Å². The summed E-state index contributed by atoms with van der Waals surface area (Å²) in [5.74, 6) is -0.978. The number of aryl methyl sites for hydroxylation is 2. The lowest BCUT2D eigenvalue weighted by Gasteiger charge is -2.26. The van der Waals surface area contributed by atoms with E-state index in [1.165, 1.54) is 16.2 Å². The van der Waals surface area contributed by atoms with Crippen LogP contribution in [0.25, 0.3) is 0 Å². The first-order valence-electron chi connectivity index (χ1n) is 6.58. The van der Waals surface area contributed by atoms with Crippen LogP contribution in [0.5, 0.6) is 0 Å². The highest BCUT2D eigenvalue weighted by atomic mass is 32.1. The second kappa shape index (κ2) is 5.74. The van der Waals surface area contributed by atoms with Gasteiger partial charge in [0.25, 0.3) is 5.91 Å². The molecule has 0 spiro atoms. The molecule has 0 unspecified atom stereocenters. The normalized spacial score (nSPS) is 23.1. The van der Waals surface area contributed by atoms with E-state index in [-0.39, 0.29) is 17.9 Å². The Morgan fingerprint density at radius 3 is 2.37 bits per heavy atom. The molecule has 2 N–H and O–H groups in total. The maximum atomic E-state index is 12.1. The summed E-state index contributed by atoms with van der Waals surface area (Å²) in [6.07, 6.45) is 2.82. The van der Waals surface area contributed by atoms with Gasteiger partial charge in [-0.15, -0.1) is 11.3 Å². The molecule has 1 saturated carbocycles. The Balaban J connectivity index is 1.89. The van der Waals surface area contributed by atoms with Crippen molar-refractivity contribution in [3.63, 3.8) is 0 Å². The molecule has 1 heterocycles. The van der Waals surface area contributed by atoms with Crippen LogP contribution in [0.15, 0.2) is 6.07 Å². The summed E-state index contributed by atoms with van der Waals surface area (Å²) in [7, 11) is 0. The number of nitrogens with one attached hydrogen (secondary N) is 1. The fourth-order valence-electron chi connectivity index (χ4n) is 2.43. The van der Waals surface area contributed by atoms with E-state index in [0.717, 1.165) is 23.3 Å². The van der Waals surface area contributed by atoms with E-state index in [1.54, 1.807) is 0 Å². The van der Waals surface area contributed by atoms with Crippen molar-refractivity contribution < 1.29 is 14.7 Å². The van der Waals surface area contributed by atoms with Gasteiger partial charge in [0.2, 0.25) is 0 Å². The summed E-state index contributed by atoms with van der Waals surface area (Å²) in [6, 6.07) is 2.03. The van der Waals surface area contributed by atoms with E-state index in [1.807, 2.05) is 19.9 Å². The molecule has 2 rings (SSSR count). The van der Waals surface area contributed by atoms with Gasteiger partial charge in [-0.3, -0.25) is 9.59 Å². The Kier molecular flexibility index (Phi) is 4.24. The molecule has 1 aromatic rings. The zero-order valence-electron chi connectivity index (χ0n) is 11.2. The number of rotatable bonds is 3. The number of aliphatic carboxylic acids is 1. The number of carboxylic acid groups (broad SMARTS) is 1. The zero-order chi connectivity index (χ0) is 14.0. The predicted octanol–water partition coefficient (Wildman–Crippen LogP) is 2.74. The third kappa shape index (κ3) is 3.35. The maximum absolute atomic E-state index is 12.1. The molecule has 1 fully saturated rings. The quantitative estimate of drug-likeness (QED) is 0.895. The summed E-state index contributed by atoms with van der Waals surface area (Å²) in [5.41, 5.74) is 1.14. The molecule has 1 aliphatic carbocycles. The zero-order valence-corrected chi connectivity index (χ0v) is 12.0. The smallest absolute Gasteiger partial charge is 0.306 e. The van der Waals surface area contributed by atoms with Crippen LogP contribution in [0.4, 0.5) is 0 Å². The monoisotopic (exact) mass is 281 g/mol. The van der Waals surface area contributed by atoms with Gasteiger partial charge < -0.3 is 10.4 Å². The summed E-state index contributed by atoms with van der Waals surface area (Å²) >= 11 is 1.51. The molecule has 0 aromatic carbocycles. The molecule has 19 heavy (non-hydrogen) atoms. The van der Waals surface area contributed by atoms with Gasteiger partial charge in [-0.1, -0.05) is 0 Å². The van der Waals surface area contributed by atoms with Crippen molar-refractivity contribution in [2.45, 2.75) is 45.6 Å². The molecule has 0 radical (unpaired) electrons. The van der Waals surface area contributed by atoms with E-state index in [0.29, 0.717) is 12.8 Å². The average molecular weight is 281 g/mol. The predicted molar refractivity (Wildman–Crippen MR) is 74.6 cm³/mol. The van der Waals surface area contributed by atoms with Gasteiger partial charge in [0.05, 0.1) is 10.8 Å². The van der Waals surface area contributed by atoms with Crippen LogP contribution in [0.3, 0.4) is 0 Å². The van der Waals surface area contributed by atoms with Crippen molar-refractivity contribution >= 4 is 23.2 Å². The third-order valence-electron chi connectivity index (χ3n) is 3.80. The van der Waals surface area contributed by atoms with Gasteiger partial charge in [-0.05, 0) is 51.2 Å². The highest BCUT2D eigenvalue weighted by Gasteiger charge is 2.27. The van der Waals surface area contributed by atoms with E-state index >= 15 is 0 Å². The molecular weight excluding hydrogens is 262 g/mol. The van der Waals surface area contributed by atoms with Crippen LogP contribution in [0.1, 0.15) is 45.8 Å². The average Bonchev–Trinajstić information content (AvgIpc) is 2.70. The summed E-state index contributed by atoms with van der Waals surface area (Å²) in [6.45, 7) is 4.01. The van der Waals surface area contributed by atoms with Crippen molar-refractivity contribution in [2.24, 2.45) is 5.92 Å². The maximum Gasteiger partial charge on any atom is 0.306 e. The van der Waals surface area contributed by atoms with E-state index in [4.69, 9.17) is 5.11 Å². The minimum absolute atomic E-state index is 0.0278. The summed E-state index contributed by atoms with van der Waals surface area (Å²) in [4.78, 5) is 24.8. The number of carbonyl (C=O) groups excluding carboxylic acids is 1. The van der Waals surface area contributed by atoms with Crippen LogP contribution in [-0.2, 0) is 4.79 Å². The Bertz CT molecular complexity index is 467. The van der Waals surface area contributed by atoms with Crippen molar-refractivity contribution in [1.82, 2.24) is 5.32 Å². The lowest BCUT2D eigenvalue weighted by Crippen LogP contribution is -2.38. The topological polar surface area (TPSA) is 66.4 Å². The van der Waals surface area contributed by atoms with E-state index in [2.05, 4.69) is 5.32 Å². The van der Waals surface area contributed by atoms with E-state index in [9.17, 15) is 9.59 Å². The van der Waals surface area contributed by atoms with Crippen molar-refractivity contribution in [1.29, 1.82) is 0 Å². The lowest BCUT2D eigenvalue weighted by atomic mass is 9.86. The van der Waals surface area contributed by atoms with E-state index < -0.39 is 5.97 Å². The Morgan fingerprint density at radius 2 is 1.89 bits per heavy atom.